The van der Waals surface area contributed by atoms with E-state index in [4.69, 9.17) is 4.74 Å². The van der Waals surface area contributed by atoms with E-state index in [0.29, 0.717) is 29.0 Å². The van der Waals surface area contributed by atoms with Gasteiger partial charge in [-0.3, -0.25) is 24.6 Å². The Hall–Kier alpha value is -4.57. The highest BCUT2D eigenvalue weighted by molar-refractivity contribution is 7.22. The van der Waals surface area contributed by atoms with Crippen LogP contribution in [-0.2, 0) is 9.59 Å². The molecule has 0 radical (unpaired) electrons. The molecule has 1 aromatic heterocycles. The third kappa shape index (κ3) is 4.74. The molecule has 0 spiro atoms. The van der Waals surface area contributed by atoms with Crippen molar-refractivity contribution < 1.29 is 24.4 Å². The lowest BCUT2D eigenvalue weighted by molar-refractivity contribution is -0.384. The van der Waals surface area contributed by atoms with E-state index in [0.717, 1.165) is 22.2 Å². The molecule has 3 aromatic carbocycles. The fraction of sp³-hybridized carbons (Fsp3) is 0.207. The predicted octanol–water partition coefficient (Wildman–Crippen LogP) is 6.24. The topological polar surface area (TPSA) is 123 Å². The second-order valence-corrected chi connectivity index (χ2v) is 10.3. The quantitative estimate of drug-likeness (QED) is 0.0963. The van der Waals surface area contributed by atoms with E-state index >= 15 is 0 Å². The van der Waals surface area contributed by atoms with Crippen LogP contribution in [0.25, 0.3) is 16.0 Å². The molecular weight excluding hydrogens is 518 g/mol. The summed E-state index contributed by atoms with van der Waals surface area (Å²) in [7, 11) is 0. The fourth-order valence-corrected chi connectivity index (χ4v) is 5.87. The van der Waals surface area contributed by atoms with Crippen molar-refractivity contribution in [3.63, 3.8) is 0 Å². The number of hydrogen-bond acceptors (Lipinski definition) is 8. The van der Waals surface area contributed by atoms with Crippen LogP contribution in [0.3, 0.4) is 0 Å². The Morgan fingerprint density at radius 1 is 1.13 bits per heavy atom. The van der Waals surface area contributed by atoms with Crippen LogP contribution in [-0.4, -0.2) is 33.3 Å². The number of rotatable bonds is 7. The highest BCUT2D eigenvalue weighted by Crippen LogP contribution is 2.45. The van der Waals surface area contributed by atoms with Crippen LogP contribution >= 0.6 is 11.3 Å². The van der Waals surface area contributed by atoms with Gasteiger partial charge in [-0.05, 0) is 67.3 Å². The average Bonchev–Trinajstić information content (AvgIpc) is 3.46. The van der Waals surface area contributed by atoms with Gasteiger partial charge in [0.15, 0.2) is 5.13 Å². The molecule has 198 valence electrons. The van der Waals surface area contributed by atoms with Crippen molar-refractivity contribution in [1.29, 1.82) is 0 Å². The molecule has 1 aliphatic rings. The Labute approximate surface area is 228 Å². The van der Waals surface area contributed by atoms with E-state index < -0.39 is 22.7 Å². The van der Waals surface area contributed by atoms with Gasteiger partial charge in [-0.25, -0.2) is 4.98 Å². The lowest BCUT2D eigenvalue weighted by atomic mass is 9.95. The molecule has 2 heterocycles. The summed E-state index contributed by atoms with van der Waals surface area (Å²) in [4.78, 5) is 43.9. The minimum atomic E-state index is -1.12. The number of carbonyl (C=O) groups is 2. The summed E-state index contributed by atoms with van der Waals surface area (Å²) in [5, 5.41) is 23.2. The number of thiazole rings is 1. The van der Waals surface area contributed by atoms with Gasteiger partial charge >= 0.3 is 5.91 Å². The van der Waals surface area contributed by atoms with Gasteiger partial charge in [0.2, 0.25) is 0 Å². The first-order valence-corrected chi connectivity index (χ1v) is 13.2. The molecule has 0 bridgehead atoms. The Kier molecular flexibility index (Phi) is 6.88. The minimum absolute atomic E-state index is 0.171. The van der Waals surface area contributed by atoms with E-state index in [9.17, 15) is 24.8 Å². The molecule has 1 aliphatic heterocycles. The van der Waals surface area contributed by atoms with Gasteiger partial charge in [0.25, 0.3) is 11.5 Å². The highest BCUT2D eigenvalue weighted by atomic mass is 32.1. The Balaban J connectivity index is 1.69. The molecule has 1 fully saturated rings. The summed E-state index contributed by atoms with van der Waals surface area (Å²) in [6.07, 6.45) is 0.833. The Morgan fingerprint density at radius 3 is 2.56 bits per heavy atom. The molecule has 1 unspecified atom stereocenters. The molecule has 5 rings (SSSR count). The molecule has 0 saturated carbocycles. The number of non-ortho nitro benzene ring substituents is 1. The van der Waals surface area contributed by atoms with Gasteiger partial charge in [0, 0.05) is 17.7 Å². The predicted molar refractivity (Wildman–Crippen MR) is 149 cm³/mol. The zero-order valence-corrected chi connectivity index (χ0v) is 22.3. The first-order chi connectivity index (χ1) is 18.7. The van der Waals surface area contributed by atoms with E-state index in [-0.39, 0.29) is 22.2 Å². The average molecular weight is 544 g/mol. The van der Waals surface area contributed by atoms with E-state index in [1.54, 1.807) is 30.3 Å². The van der Waals surface area contributed by atoms with Crippen LogP contribution in [0.15, 0.2) is 66.2 Å². The van der Waals surface area contributed by atoms with E-state index in [1.165, 1.54) is 34.4 Å². The number of Topliss-reactive ketones (excluding diaryl/α,β-unsaturated/α-hetero) is 1. The van der Waals surface area contributed by atoms with Crippen molar-refractivity contribution in [3.8, 4) is 5.75 Å². The largest absolute Gasteiger partial charge is 0.507 e. The number of aliphatic hydroxyl groups excluding tert-OH is 1. The summed E-state index contributed by atoms with van der Waals surface area (Å²) >= 11 is 1.24. The first kappa shape index (κ1) is 26.1. The molecule has 1 amide bonds. The van der Waals surface area contributed by atoms with E-state index in [1.807, 2.05) is 32.9 Å². The number of carbonyl (C=O) groups excluding carboxylic acids is 2. The van der Waals surface area contributed by atoms with Gasteiger partial charge in [0.05, 0.1) is 33.4 Å². The lowest BCUT2D eigenvalue weighted by Crippen LogP contribution is -2.29. The van der Waals surface area contributed by atoms with Crippen LogP contribution in [0.2, 0.25) is 0 Å². The number of benzene rings is 3. The van der Waals surface area contributed by atoms with Crippen molar-refractivity contribution in [3.05, 3.63) is 98.6 Å². The molecule has 1 atom stereocenters. The van der Waals surface area contributed by atoms with Crippen LogP contribution in [0.4, 0.5) is 10.8 Å². The van der Waals surface area contributed by atoms with Crippen LogP contribution in [0, 0.1) is 24.0 Å². The number of nitro benzene ring substituents is 1. The summed E-state index contributed by atoms with van der Waals surface area (Å²) < 4.78 is 6.44. The number of ketones is 1. The number of anilines is 1. The molecule has 39 heavy (non-hydrogen) atoms. The smallest absolute Gasteiger partial charge is 0.301 e. The molecule has 1 saturated heterocycles. The zero-order valence-electron chi connectivity index (χ0n) is 21.5. The number of hydrogen-bond donors (Lipinski definition) is 1. The zero-order chi connectivity index (χ0) is 27.8. The number of fused-ring (bicyclic) bond motifs is 1. The number of amides is 1. The van der Waals surface area contributed by atoms with E-state index in [2.05, 4.69) is 4.98 Å². The van der Waals surface area contributed by atoms with Crippen molar-refractivity contribution in [1.82, 2.24) is 4.98 Å². The highest BCUT2D eigenvalue weighted by Gasteiger charge is 2.48. The van der Waals surface area contributed by atoms with Crippen LogP contribution in [0.5, 0.6) is 5.75 Å². The van der Waals surface area contributed by atoms with Crippen molar-refractivity contribution in [2.75, 3.05) is 11.5 Å². The van der Waals surface area contributed by atoms with Gasteiger partial charge in [0.1, 0.15) is 11.5 Å². The molecule has 1 N–H and O–H groups in total. The number of nitrogens with zero attached hydrogens (tertiary/aromatic N) is 3. The fourth-order valence-electron chi connectivity index (χ4n) is 4.70. The number of ether oxygens (including phenoxy) is 1. The molecule has 10 heteroatoms. The number of nitro groups is 1. The molecule has 9 nitrogen and oxygen atoms in total. The number of aromatic nitrogens is 1. The van der Waals surface area contributed by atoms with Gasteiger partial charge in [-0.1, -0.05) is 36.5 Å². The number of aliphatic hydroxyl groups is 1. The summed E-state index contributed by atoms with van der Waals surface area (Å²) in [6, 6.07) is 15.1. The van der Waals surface area contributed by atoms with Gasteiger partial charge < -0.3 is 9.84 Å². The second-order valence-electron chi connectivity index (χ2n) is 9.32. The summed E-state index contributed by atoms with van der Waals surface area (Å²) in [6.45, 7) is 6.39. The SMILES string of the molecule is CCCOc1ccc(/C(O)=C2\C(=O)C(=O)N(c3nc4c(C)cc(C)cc4s3)C2c2cccc([N+](=O)[O-])c2)cc1. The van der Waals surface area contributed by atoms with Crippen LogP contribution < -0.4 is 9.64 Å². The van der Waals surface area contributed by atoms with Crippen molar-refractivity contribution in [2.45, 2.75) is 33.2 Å². The molecule has 0 aliphatic carbocycles. The molecular formula is C29H25N3O6S. The normalized spacial score (nSPS) is 16.7. The first-order valence-electron chi connectivity index (χ1n) is 12.4. The minimum Gasteiger partial charge on any atom is -0.507 e. The summed E-state index contributed by atoms with van der Waals surface area (Å²) in [5.74, 6) is -1.56. The standard InChI is InChI=1S/C29H25N3O6S/c1-4-12-38-21-10-8-18(9-11-21)26(33)23-25(19-6-5-7-20(15-19)32(36)37)31(28(35)27(23)34)29-30-24-17(3)13-16(2)14-22(24)39-29/h5-11,13-15,25,33H,4,12H2,1-3H3/b26-23+. The van der Waals surface area contributed by atoms with Gasteiger partial charge in [-0.2, -0.15) is 0 Å². The molecule has 4 aromatic rings. The maximum Gasteiger partial charge on any atom is 0.301 e. The lowest BCUT2D eigenvalue weighted by Gasteiger charge is -2.22. The van der Waals surface area contributed by atoms with Gasteiger partial charge in [-0.15, -0.1) is 0 Å². The van der Waals surface area contributed by atoms with Crippen molar-refractivity contribution in [2.24, 2.45) is 0 Å². The third-order valence-electron chi connectivity index (χ3n) is 6.47. The summed E-state index contributed by atoms with van der Waals surface area (Å²) in [5.41, 5.74) is 2.88. The second kappa shape index (κ2) is 10.3. The van der Waals surface area contributed by atoms with Crippen LogP contribution in [0.1, 0.15) is 41.6 Å². The van der Waals surface area contributed by atoms with Crippen molar-refractivity contribution >= 4 is 49.8 Å². The maximum atomic E-state index is 13.5. The Morgan fingerprint density at radius 2 is 1.87 bits per heavy atom. The monoisotopic (exact) mass is 543 g/mol. The Bertz CT molecular complexity index is 1660. The third-order valence-corrected chi connectivity index (χ3v) is 7.47. The number of aryl methyl sites for hydroxylation is 2. The maximum absolute atomic E-state index is 13.5.